The fraction of sp³-hybridized carbons (Fsp3) is 0.235. The molecule has 0 aliphatic carbocycles. The molecule has 0 saturated carbocycles. The first kappa shape index (κ1) is 15.1. The molecule has 2 heterocycles. The lowest BCUT2D eigenvalue weighted by molar-refractivity contribution is 0.447. The van der Waals surface area contributed by atoms with Gasteiger partial charge in [-0.15, -0.1) is 0 Å². The lowest BCUT2D eigenvalue weighted by Gasteiger charge is -2.19. The Morgan fingerprint density at radius 1 is 1.21 bits per heavy atom. The van der Waals surface area contributed by atoms with Crippen LogP contribution in [0.2, 0.25) is 0 Å². The van der Waals surface area contributed by atoms with E-state index in [0.29, 0.717) is 29.9 Å². The van der Waals surface area contributed by atoms with E-state index in [1.54, 1.807) is 6.07 Å². The Balaban J connectivity index is 1.57. The molecule has 0 atom stereocenters. The molecule has 0 amide bonds. The standard InChI is InChI=1S/C17H15FN2O3S/c18-13-5-6-16-12(11-13)7-9-20(16)24(21,22)10-8-15-14-3-1-2-4-17(14)23-19-15/h1-6,11H,7-10H2. The van der Waals surface area contributed by atoms with Gasteiger partial charge in [-0.3, -0.25) is 4.31 Å². The van der Waals surface area contributed by atoms with Crippen LogP contribution in [0.3, 0.4) is 0 Å². The molecule has 24 heavy (non-hydrogen) atoms. The molecule has 0 bridgehead atoms. The average Bonchev–Trinajstić information content (AvgIpc) is 3.17. The third-order valence-corrected chi connectivity index (χ3v) is 6.05. The van der Waals surface area contributed by atoms with E-state index >= 15 is 0 Å². The number of aryl methyl sites for hydroxylation is 1. The number of halogens is 1. The van der Waals surface area contributed by atoms with Crippen LogP contribution < -0.4 is 4.31 Å². The molecule has 5 nitrogen and oxygen atoms in total. The third-order valence-electron chi connectivity index (χ3n) is 4.28. The van der Waals surface area contributed by atoms with E-state index in [0.717, 1.165) is 10.9 Å². The quantitative estimate of drug-likeness (QED) is 0.729. The van der Waals surface area contributed by atoms with Gasteiger partial charge in [0, 0.05) is 18.4 Å². The number of nitrogens with zero attached hydrogens (tertiary/aromatic N) is 2. The van der Waals surface area contributed by atoms with E-state index in [2.05, 4.69) is 5.16 Å². The number of hydrogen-bond donors (Lipinski definition) is 0. The Morgan fingerprint density at radius 2 is 2.04 bits per heavy atom. The number of anilines is 1. The fourth-order valence-corrected chi connectivity index (χ4v) is 4.60. The van der Waals surface area contributed by atoms with Crippen molar-refractivity contribution in [2.24, 2.45) is 0 Å². The van der Waals surface area contributed by atoms with Crippen molar-refractivity contribution in [3.63, 3.8) is 0 Å². The van der Waals surface area contributed by atoms with E-state index in [1.165, 1.54) is 22.5 Å². The molecule has 0 unspecified atom stereocenters. The highest BCUT2D eigenvalue weighted by molar-refractivity contribution is 7.92. The monoisotopic (exact) mass is 346 g/mol. The molecular formula is C17H15FN2O3S. The highest BCUT2D eigenvalue weighted by Gasteiger charge is 2.29. The van der Waals surface area contributed by atoms with Gasteiger partial charge in [-0.25, -0.2) is 12.8 Å². The Morgan fingerprint density at radius 3 is 2.92 bits per heavy atom. The van der Waals surface area contributed by atoms with Crippen molar-refractivity contribution in [3.8, 4) is 0 Å². The summed E-state index contributed by atoms with van der Waals surface area (Å²) < 4.78 is 45.2. The highest BCUT2D eigenvalue weighted by atomic mass is 32.2. The zero-order chi connectivity index (χ0) is 16.7. The minimum Gasteiger partial charge on any atom is -0.356 e. The topological polar surface area (TPSA) is 63.4 Å². The van der Waals surface area contributed by atoms with Crippen LogP contribution >= 0.6 is 0 Å². The van der Waals surface area contributed by atoms with Crippen molar-refractivity contribution >= 4 is 26.7 Å². The van der Waals surface area contributed by atoms with Gasteiger partial charge in [-0.05, 0) is 42.3 Å². The van der Waals surface area contributed by atoms with Crippen molar-refractivity contribution in [1.29, 1.82) is 0 Å². The molecule has 124 valence electrons. The normalized spacial score (nSPS) is 14.3. The summed E-state index contributed by atoms with van der Waals surface area (Å²) in [6.07, 6.45) is 0.797. The summed E-state index contributed by atoms with van der Waals surface area (Å²) in [5.74, 6) is -0.414. The van der Waals surface area contributed by atoms with E-state index in [-0.39, 0.29) is 18.0 Å². The highest BCUT2D eigenvalue weighted by Crippen LogP contribution is 2.31. The lowest BCUT2D eigenvalue weighted by atomic mass is 10.2. The van der Waals surface area contributed by atoms with E-state index in [4.69, 9.17) is 4.52 Å². The van der Waals surface area contributed by atoms with Gasteiger partial charge in [-0.2, -0.15) is 0 Å². The van der Waals surface area contributed by atoms with Gasteiger partial charge in [0.05, 0.1) is 17.1 Å². The Hall–Kier alpha value is -2.41. The molecule has 4 rings (SSSR count). The molecule has 3 aromatic rings. The van der Waals surface area contributed by atoms with Crippen LogP contribution in [-0.4, -0.2) is 25.9 Å². The first-order valence-electron chi connectivity index (χ1n) is 7.67. The van der Waals surface area contributed by atoms with Crippen molar-refractivity contribution in [1.82, 2.24) is 5.16 Å². The van der Waals surface area contributed by atoms with Crippen molar-refractivity contribution in [3.05, 3.63) is 59.5 Å². The van der Waals surface area contributed by atoms with Crippen LogP contribution in [0.1, 0.15) is 11.3 Å². The van der Waals surface area contributed by atoms with E-state index < -0.39 is 10.0 Å². The Labute approximate surface area is 138 Å². The number of aromatic nitrogens is 1. The number of para-hydroxylation sites is 1. The maximum Gasteiger partial charge on any atom is 0.235 e. The minimum absolute atomic E-state index is 0.0691. The predicted molar refractivity (Wildman–Crippen MR) is 88.9 cm³/mol. The number of hydrogen-bond acceptors (Lipinski definition) is 4. The van der Waals surface area contributed by atoms with Crippen LogP contribution in [-0.2, 0) is 22.9 Å². The first-order valence-corrected chi connectivity index (χ1v) is 9.28. The smallest absolute Gasteiger partial charge is 0.235 e. The summed E-state index contributed by atoms with van der Waals surface area (Å²) in [6.45, 7) is 0.348. The van der Waals surface area contributed by atoms with E-state index in [1.807, 2.05) is 18.2 Å². The summed E-state index contributed by atoms with van der Waals surface area (Å²) >= 11 is 0. The molecule has 7 heteroatoms. The fourth-order valence-electron chi connectivity index (χ4n) is 3.08. The SMILES string of the molecule is O=S(=O)(CCc1noc2ccccc12)N1CCc2cc(F)ccc21. The summed E-state index contributed by atoms with van der Waals surface area (Å²) in [4.78, 5) is 0. The summed E-state index contributed by atoms with van der Waals surface area (Å²) in [7, 11) is -3.50. The Kier molecular flexibility index (Phi) is 3.53. The lowest BCUT2D eigenvalue weighted by Crippen LogP contribution is -2.32. The van der Waals surface area contributed by atoms with Crippen molar-refractivity contribution in [2.45, 2.75) is 12.8 Å². The minimum atomic E-state index is -3.50. The second-order valence-electron chi connectivity index (χ2n) is 5.79. The number of fused-ring (bicyclic) bond motifs is 2. The van der Waals surface area contributed by atoms with Gasteiger partial charge in [0.2, 0.25) is 10.0 Å². The van der Waals surface area contributed by atoms with Gasteiger partial charge >= 0.3 is 0 Å². The van der Waals surface area contributed by atoms with Crippen LogP contribution in [0.5, 0.6) is 0 Å². The Bertz CT molecular complexity index is 1010. The maximum absolute atomic E-state index is 13.3. The van der Waals surface area contributed by atoms with Gasteiger partial charge in [0.25, 0.3) is 0 Å². The zero-order valence-electron chi connectivity index (χ0n) is 12.8. The summed E-state index contributed by atoms with van der Waals surface area (Å²) in [5, 5.41) is 4.80. The molecule has 0 N–H and O–H groups in total. The maximum atomic E-state index is 13.3. The molecule has 0 spiro atoms. The summed E-state index contributed by atoms with van der Waals surface area (Å²) in [5.41, 5.74) is 2.58. The second kappa shape index (κ2) is 5.59. The van der Waals surface area contributed by atoms with Crippen LogP contribution in [0.4, 0.5) is 10.1 Å². The number of sulfonamides is 1. The molecule has 0 saturated heterocycles. The molecule has 1 aliphatic rings. The number of rotatable bonds is 4. The predicted octanol–water partition coefficient (Wildman–Crippen LogP) is 2.90. The van der Waals surface area contributed by atoms with Crippen LogP contribution in [0.15, 0.2) is 47.0 Å². The molecule has 2 aromatic carbocycles. The second-order valence-corrected chi connectivity index (χ2v) is 7.80. The zero-order valence-corrected chi connectivity index (χ0v) is 13.6. The first-order chi connectivity index (χ1) is 11.5. The van der Waals surface area contributed by atoms with Crippen LogP contribution in [0, 0.1) is 5.82 Å². The molecule has 1 aromatic heterocycles. The summed E-state index contributed by atoms with van der Waals surface area (Å²) in [6, 6.07) is 11.6. The molecule has 0 radical (unpaired) electrons. The van der Waals surface area contributed by atoms with Crippen molar-refractivity contribution in [2.75, 3.05) is 16.6 Å². The third kappa shape index (κ3) is 2.54. The molecule has 1 aliphatic heterocycles. The van der Waals surface area contributed by atoms with Gasteiger partial charge in [0.15, 0.2) is 5.58 Å². The van der Waals surface area contributed by atoms with Gasteiger partial charge in [0.1, 0.15) is 5.82 Å². The van der Waals surface area contributed by atoms with Crippen LogP contribution in [0.25, 0.3) is 11.0 Å². The average molecular weight is 346 g/mol. The van der Waals surface area contributed by atoms with Gasteiger partial charge < -0.3 is 4.52 Å². The number of benzene rings is 2. The largest absolute Gasteiger partial charge is 0.356 e. The molecular weight excluding hydrogens is 331 g/mol. The van der Waals surface area contributed by atoms with E-state index in [9.17, 15) is 12.8 Å². The molecule has 0 fully saturated rings. The van der Waals surface area contributed by atoms with Gasteiger partial charge in [-0.1, -0.05) is 17.3 Å². The van der Waals surface area contributed by atoms with Crippen molar-refractivity contribution < 1.29 is 17.3 Å².